The highest BCUT2D eigenvalue weighted by atomic mass is 16.5. The van der Waals surface area contributed by atoms with Crippen molar-refractivity contribution in [2.75, 3.05) is 0 Å². The Morgan fingerprint density at radius 3 is 2.81 bits per heavy atom. The van der Waals surface area contributed by atoms with Crippen molar-refractivity contribution in [3.8, 4) is 0 Å². The Kier molecular flexibility index (Phi) is 5.36. The molecule has 1 heterocycles. The highest BCUT2D eigenvalue weighted by molar-refractivity contribution is 5.96. The van der Waals surface area contributed by atoms with Crippen molar-refractivity contribution < 1.29 is 19.2 Å². The molecule has 1 aromatic heterocycles. The van der Waals surface area contributed by atoms with Crippen LogP contribution in [0.5, 0.6) is 0 Å². The lowest BCUT2D eigenvalue weighted by molar-refractivity contribution is -0.139. The summed E-state index contributed by atoms with van der Waals surface area (Å²) >= 11 is 0. The first-order chi connectivity index (χ1) is 10.1. The van der Waals surface area contributed by atoms with E-state index in [2.05, 4.69) is 10.5 Å². The molecule has 1 atom stereocenters. The van der Waals surface area contributed by atoms with Crippen molar-refractivity contribution >= 4 is 11.9 Å². The quantitative estimate of drug-likeness (QED) is 0.785. The molecule has 0 aliphatic heterocycles. The summed E-state index contributed by atoms with van der Waals surface area (Å²) in [6.07, 6.45) is 6.80. The van der Waals surface area contributed by atoms with Crippen molar-refractivity contribution in [2.24, 2.45) is 0 Å². The highest BCUT2D eigenvalue weighted by Crippen LogP contribution is 2.23. The van der Waals surface area contributed by atoms with Gasteiger partial charge in [-0.2, -0.15) is 0 Å². The zero-order valence-electron chi connectivity index (χ0n) is 12.4. The molecule has 1 amide bonds. The lowest BCUT2D eigenvalue weighted by atomic mass is 10.1. The van der Waals surface area contributed by atoms with E-state index in [-0.39, 0.29) is 5.69 Å². The van der Waals surface area contributed by atoms with Crippen molar-refractivity contribution in [3.63, 3.8) is 0 Å². The fourth-order valence-electron chi connectivity index (χ4n) is 2.63. The van der Waals surface area contributed by atoms with E-state index in [0.717, 1.165) is 56.3 Å². The minimum Gasteiger partial charge on any atom is -0.480 e. The van der Waals surface area contributed by atoms with Gasteiger partial charge in [-0.05, 0) is 25.7 Å². The molecule has 2 N–H and O–H groups in total. The van der Waals surface area contributed by atoms with Gasteiger partial charge in [0.1, 0.15) is 11.8 Å². The zero-order chi connectivity index (χ0) is 15.2. The molecule has 2 rings (SSSR count). The van der Waals surface area contributed by atoms with Crippen LogP contribution in [-0.2, 0) is 17.6 Å². The Labute approximate surface area is 123 Å². The summed E-state index contributed by atoms with van der Waals surface area (Å²) in [5.41, 5.74) is 1.11. The number of aliphatic carboxylic acids is 1. The van der Waals surface area contributed by atoms with Gasteiger partial charge in [0.25, 0.3) is 5.91 Å². The Morgan fingerprint density at radius 1 is 1.33 bits per heavy atom. The van der Waals surface area contributed by atoms with Gasteiger partial charge in [0.05, 0.1) is 0 Å². The van der Waals surface area contributed by atoms with Gasteiger partial charge in [-0.3, -0.25) is 4.79 Å². The Balaban J connectivity index is 2.09. The number of carbonyl (C=O) groups excluding carboxylic acids is 1. The van der Waals surface area contributed by atoms with Crippen LogP contribution < -0.4 is 5.32 Å². The van der Waals surface area contributed by atoms with Crippen molar-refractivity contribution in [2.45, 2.75) is 64.3 Å². The molecule has 0 fully saturated rings. The predicted molar refractivity (Wildman–Crippen MR) is 76.2 cm³/mol. The summed E-state index contributed by atoms with van der Waals surface area (Å²) in [6.45, 7) is 1.98. The molecule has 0 bridgehead atoms. The third kappa shape index (κ3) is 3.83. The van der Waals surface area contributed by atoms with Gasteiger partial charge in [0.2, 0.25) is 0 Å². The van der Waals surface area contributed by atoms with E-state index in [9.17, 15) is 14.7 Å². The van der Waals surface area contributed by atoms with Crippen LogP contribution in [0.1, 0.15) is 67.3 Å². The molecule has 6 nitrogen and oxygen atoms in total. The molecule has 1 aliphatic carbocycles. The highest BCUT2D eigenvalue weighted by Gasteiger charge is 2.26. The van der Waals surface area contributed by atoms with E-state index < -0.39 is 17.9 Å². The predicted octanol–water partition coefficient (Wildman–Crippen LogP) is 2.32. The van der Waals surface area contributed by atoms with Crippen LogP contribution in [0.2, 0.25) is 0 Å². The van der Waals surface area contributed by atoms with Gasteiger partial charge in [-0.15, -0.1) is 0 Å². The Morgan fingerprint density at radius 2 is 2.10 bits per heavy atom. The molecule has 0 spiro atoms. The summed E-state index contributed by atoms with van der Waals surface area (Å²) in [6, 6.07) is -0.865. The third-order valence-corrected chi connectivity index (χ3v) is 3.87. The largest absolute Gasteiger partial charge is 0.480 e. The number of aryl methyl sites for hydroxylation is 1. The summed E-state index contributed by atoms with van der Waals surface area (Å²) in [5.74, 6) is -0.671. The first-order valence-corrected chi connectivity index (χ1v) is 7.64. The van der Waals surface area contributed by atoms with Gasteiger partial charge < -0.3 is 14.9 Å². The van der Waals surface area contributed by atoms with Crippen LogP contribution >= 0.6 is 0 Å². The zero-order valence-corrected chi connectivity index (χ0v) is 12.4. The minimum absolute atomic E-state index is 0.259. The number of carboxylic acids is 1. The maximum atomic E-state index is 12.3. The number of carboxylic acid groups (broad SMARTS) is 1. The second-order valence-corrected chi connectivity index (χ2v) is 5.50. The van der Waals surface area contributed by atoms with Crippen LogP contribution in [0.25, 0.3) is 0 Å². The van der Waals surface area contributed by atoms with Gasteiger partial charge in [-0.25, -0.2) is 4.79 Å². The number of nitrogens with one attached hydrogen (secondary N) is 1. The molecule has 116 valence electrons. The smallest absolute Gasteiger partial charge is 0.326 e. The van der Waals surface area contributed by atoms with Gasteiger partial charge >= 0.3 is 5.97 Å². The number of fused-ring (bicyclic) bond motifs is 1. The molecular formula is C15H22N2O4. The third-order valence-electron chi connectivity index (χ3n) is 3.87. The maximum Gasteiger partial charge on any atom is 0.326 e. The van der Waals surface area contributed by atoms with E-state index in [1.54, 1.807) is 0 Å². The van der Waals surface area contributed by atoms with E-state index in [0.29, 0.717) is 6.42 Å². The number of unbranched alkanes of at least 4 members (excludes halogenated alkanes) is 1. The summed E-state index contributed by atoms with van der Waals surface area (Å²) in [4.78, 5) is 23.5. The number of nitrogens with zero attached hydrogens (tertiary/aromatic N) is 1. The van der Waals surface area contributed by atoms with Gasteiger partial charge in [0, 0.05) is 12.0 Å². The maximum absolute atomic E-state index is 12.3. The first kappa shape index (κ1) is 15.5. The molecule has 0 saturated carbocycles. The number of hydrogen-bond acceptors (Lipinski definition) is 4. The lowest BCUT2D eigenvalue weighted by Crippen LogP contribution is -2.41. The summed E-state index contributed by atoms with van der Waals surface area (Å²) in [7, 11) is 0. The Hall–Kier alpha value is -1.85. The SMILES string of the molecule is CCCCC(NC(=O)c1noc2c1CCCCC2)C(=O)O. The number of rotatable bonds is 6. The first-order valence-electron chi connectivity index (χ1n) is 7.64. The van der Waals surface area contributed by atoms with E-state index >= 15 is 0 Å². The fraction of sp³-hybridized carbons (Fsp3) is 0.667. The van der Waals surface area contributed by atoms with Crippen LogP contribution in [0, 0.1) is 0 Å². The fourth-order valence-corrected chi connectivity index (χ4v) is 2.63. The van der Waals surface area contributed by atoms with Gasteiger partial charge in [0.15, 0.2) is 5.69 Å². The summed E-state index contributed by atoms with van der Waals surface area (Å²) in [5, 5.41) is 15.6. The minimum atomic E-state index is -1.01. The average Bonchev–Trinajstić information content (AvgIpc) is 2.72. The number of amides is 1. The molecule has 1 aliphatic rings. The molecule has 0 saturated heterocycles. The Bertz CT molecular complexity index is 510. The lowest BCUT2D eigenvalue weighted by Gasteiger charge is -2.13. The van der Waals surface area contributed by atoms with Crippen molar-refractivity contribution in [1.82, 2.24) is 10.5 Å². The second kappa shape index (κ2) is 7.24. The number of aromatic nitrogens is 1. The molecular weight excluding hydrogens is 272 g/mol. The van der Waals surface area contributed by atoms with E-state index in [4.69, 9.17) is 4.52 Å². The molecule has 1 unspecified atom stereocenters. The van der Waals surface area contributed by atoms with Gasteiger partial charge in [-0.1, -0.05) is 31.3 Å². The summed E-state index contributed by atoms with van der Waals surface area (Å²) < 4.78 is 5.25. The monoisotopic (exact) mass is 294 g/mol. The molecule has 6 heteroatoms. The van der Waals surface area contributed by atoms with Crippen LogP contribution in [0.15, 0.2) is 4.52 Å². The van der Waals surface area contributed by atoms with E-state index in [1.807, 2.05) is 6.92 Å². The standard InChI is InChI=1S/C15H22N2O4/c1-2-3-8-11(15(19)20)16-14(18)13-10-7-5-4-6-9-12(10)21-17-13/h11H,2-9H2,1H3,(H,16,18)(H,19,20). The average molecular weight is 294 g/mol. The second-order valence-electron chi connectivity index (χ2n) is 5.50. The van der Waals surface area contributed by atoms with Crippen LogP contribution in [0.4, 0.5) is 0 Å². The number of hydrogen-bond donors (Lipinski definition) is 2. The van der Waals surface area contributed by atoms with Crippen LogP contribution in [0.3, 0.4) is 0 Å². The number of carbonyl (C=O) groups is 2. The topological polar surface area (TPSA) is 92.4 Å². The van der Waals surface area contributed by atoms with E-state index in [1.165, 1.54) is 0 Å². The molecule has 21 heavy (non-hydrogen) atoms. The van der Waals surface area contributed by atoms with Crippen molar-refractivity contribution in [3.05, 3.63) is 17.0 Å². The normalized spacial score (nSPS) is 15.9. The molecule has 0 aromatic carbocycles. The molecule has 0 radical (unpaired) electrons. The van der Waals surface area contributed by atoms with Crippen LogP contribution in [-0.4, -0.2) is 28.2 Å². The van der Waals surface area contributed by atoms with Crippen molar-refractivity contribution in [1.29, 1.82) is 0 Å². The molecule has 1 aromatic rings.